The molecule has 1 saturated heterocycles. The molecule has 5 heteroatoms. The van der Waals surface area contributed by atoms with Crippen molar-refractivity contribution in [3.05, 3.63) is 17.7 Å². The van der Waals surface area contributed by atoms with Crippen LogP contribution in [0.15, 0.2) is 12.1 Å². The van der Waals surface area contributed by atoms with E-state index in [0.717, 1.165) is 31.6 Å². The van der Waals surface area contributed by atoms with Crippen LogP contribution in [-0.4, -0.2) is 40.6 Å². The molecule has 1 heterocycles. The third-order valence-electron chi connectivity index (χ3n) is 3.50. The molecule has 1 fully saturated rings. The molecule has 0 spiro atoms. The third kappa shape index (κ3) is 3.35. The first-order valence-electron chi connectivity index (χ1n) is 6.90. The fourth-order valence-electron chi connectivity index (χ4n) is 2.48. The lowest BCUT2D eigenvalue weighted by molar-refractivity contribution is 0.110. The molecule has 1 N–H and O–H groups in total. The SMILES string of the molecule is COc1ccc(CNC[C@@H]2CCCO2)c(OC)c1OC. The van der Waals surface area contributed by atoms with Gasteiger partial charge in [0.2, 0.25) is 5.75 Å². The predicted molar refractivity (Wildman–Crippen MR) is 76.8 cm³/mol. The van der Waals surface area contributed by atoms with Gasteiger partial charge in [-0.25, -0.2) is 0 Å². The van der Waals surface area contributed by atoms with Crippen molar-refractivity contribution in [3.63, 3.8) is 0 Å². The summed E-state index contributed by atoms with van der Waals surface area (Å²) in [6.07, 6.45) is 2.63. The molecule has 20 heavy (non-hydrogen) atoms. The quantitative estimate of drug-likeness (QED) is 0.828. The summed E-state index contributed by atoms with van der Waals surface area (Å²) < 4.78 is 21.7. The van der Waals surface area contributed by atoms with E-state index in [4.69, 9.17) is 18.9 Å². The molecule has 1 aliphatic heterocycles. The van der Waals surface area contributed by atoms with Gasteiger partial charge in [0.25, 0.3) is 0 Å². The Morgan fingerprint density at radius 3 is 2.55 bits per heavy atom. The minimum Gasteiger partial charge on any atom is -0.493 e. The second-order valence-electron chi connectivity index (χ2n) is 4.76. The average Bonchev–Trinajstić information content (AvgIpc) is 2.99. The standard InChI is InChI=1S/C15H23NO4/c1-17-13-7-6-11(14(18-2)15(13)19-3)9-16-10-12-5-4-8-20-12/h6-7,12,16H,4-5,8-10H2,1-3H3/t12-/m0/s1. The van der Waals surface area contributed by atoms with Crippen LogP contribution >= 0.6 is 0 Å². The summed E-state index contributed by atoms with van der Waals surface area (Å²) in [5, 5.41) is 3.41. The van der Waals surface area contributed by atoms with Crippen LogP contribution in [0.1, 0.15) is 18.4 Å². The Bertz CT molecular complexity index is 430. The van der Waals surface area contributed by atoms with Crippen molar-refractivity contribution >= 4 is 0 Å². The van der Waals surface area contributed by atoms with Crippen molar-refractivity contribution < 1.29 is 18.9 Å². The monoisotopic (exact) mass is 281 g/mol. The van der Waals surface area contributed by atoms with E-state index in [-0.39, 0.29) is 0 Å². The maximum Gasteiger partial charge on any atom is 0.203 e. The largest absolute Gasteiger partial charge is 0.493 e. The lowest BCUT2D eigenvalue weighted by atomic mass is 10.1. The van der Waals surface area contributed by atoms with Gasteiger partial charge in [-0.2, -0.15) is 0 Å². The highest BCUT2D eigenvalue weighted by atomic mass is 16.5. The molecule has 0 aliphatic carbocycles. The van der Waals surface area contributed by atoms with Crippen LogP contribution in [0.4, 0.5) is 0 Å². The zero-order valence-corrected chi connectivity index (χ0v) is 12.4. The molecule has 2 rings (SSSR count). The minimum atomic E-state index is 0.334. The molecule has 1 aromatic rings. The van der Waals surface area contributed by atoms with Crippen molar-refractivity contribution in [3.8, 4) is 17.2 Å². The number of hydrogen-bond acceptors (Lipinski definition) is 5. The summed E-state index contributed by atoms with van der Waals surface area (Å²) in [7, 11) is 4.87. The smallest absolute Gasteiger partial charge is 0.203 e. The van der Waals surface area contributed by atoms with E-state index in [1.807, 2.05) is 12.1 Å². The minimum absolute atomic E-state index is 0.334. The Morgan fingerprint density at radius 1 is 1.15 bits per heavy atom. The zero-order valence-electron chi connectivity index (χ0n) is 12.4. The van der Waals surface area contributed by atoms with Crippen LogP contribution in [0, 0.1) is 0 Å². The maximum absolute atomic E-state index is 5.59. The van der Waals surface area contributed by atoms with Gasteiger partial charge in [-0.3, -0.25) is 0 Å². The van der Waals surface area contributed by atoms with Crippen molar-refractivity contribution in [2.75, 3.05) is 34.5 Å². The normalized spacial score (nSPS) is 18.1. The maximum atomic E-state index is 5.59. The zero-order chi connectivity index (χ0) is 14.4. The molecule has 0 unspecified atom stereocenters. The molecule has 0 radical (unpaired) electrons. The molecule has 1 aromatic carbocycles. The van der Waals surface area contributed by atoms with Crippen LogP contribution in [0.3, 0.4) is 0 Å². The Morgan fingerprint density at radius 2 is 1.95 bits per heavy atom. The predicted octanol–water partition coefficient (Wildman–Crippen LogP) is 1.98. The van der Waals surface area contributed by atoms with Gasteiger partial charge in [0.05, 0.1) is 27.4 Å². The Kier molecular flexibility index (Phi) is 5.49. The molecule has 1 atom stereocenters. The molecule has 0 amide bonds. The van der Waals surface area contributed by atoms with Crippen LogP contribution in [0.5, 0.6) is 17.2 Å². The first-order chi connectivity index (χ1) is 9.80. The molecule has 0 aromatic heterocycles. The fraction of sp³-hybridized carbons (Fsp3) is 0.600. The van der Waals surface area contributed by atoms with Crippen LogP contribution in [0.2, 0.25) is 0 Å². The number of nitrogens with one attached hydrogen (secondary N) is 1. The van der Waals surface area contributed by atoms with Crippen molar-refractivity contribution in [1.29, 1.82) is 0 Å². The topological polar surface area (TPSA) is 49.0 Å². The first kappa shape index (κ1) is 14.9. The second kappa shape index (κ2) is 7.36. The molecular formula is C15H23NO4. The summed E-state index contributed by atoms with van der Waals surface area (Å²) in [5.74, 6) is 2.02. The van der Waals surface area contributed by atoms with E-state index in [0.29, 0.717) is 29.9 Å². The van der Waals surface area contributed by atoms with Crippen molar-refractivity contribution in [2.24, 2.45) is 0 Å². The van der Waals surface area contributed by atoms with E-state index in [2.05, 4.69) is 5.32 Å². The Balaban J connectivity index is 2.02. The highest BCUT2D eigenvalue weighted by Gasteiger charge is 2.17. The number of ether oxygens (including phenoxy) is 4. The lowest BCUT2D eigenvalue weighted by Gasteiger charge is -2.17. The van der Waals surface area contributed by atoms with E-state index in [1.54, 1.807) is 21.3 Å². The fourth-order valence-corrected chi connectivity index (χ4v) is 2.48. The lowest BCUT2D eigenvalue weighted by Crippen LogP contribution is -2.26. The highest BCUT2D eigenvalue weighted by Crippen LogP contribution is 2.39. The number of methoxy groups -OCH3 is 3. The number of rotatable bonds is 7. The van der Waals surface area contributed by atoms with Gasteiger partial charge in [-0.1, -0.05) is 6.07 Å². The van der Waals surface area contributed by atoms with Gasteiger partial charge >= 0.3 is 0 Å². The van der Waals surface area contributed by atoms with Crippen molar-refractivity contribution in [1.82, 2.24) is 5.32 Å². The van der Waals surface area contributed by atoms with Gasteiger partial charge < -0.3 is 24.3 Å². The molecule has 112 valence electrons. The van der Waals surface area contributed by atoms with E-state index in [9.17, 15) is 0 Å². The van der Waals surface area contributed by atoms with Crippen LogP contribution in [0.25, 0.3) is 0 Å². The van der Waals surface area contributed by atoms with E-state index < -0.39 is 0 Å². The second-order valence-corrected chi connectivity index (χ2v) is 4.76. The molecule has 0 bridgehead atoms. The number of benzene rings is 1. The molecule has 5 nitrogen and oxygen atoms in total. The molecule has 0 saturated carbocycles. The van der Waals surface area contributed by atoms with E-state index in [1.165, 1.54) is 0 Å². The summed E-state index contributed by atoms with van der Waals surface area (Å²) in [6.45, 7) is 2.45. The Labute approximate surface area is 120 Å². The van der Waals surface area contributed by atoms with E-state index >= 15 is 0 Å². The van der Waals surface area contributed by atoms with Crippen LogP contribution < -0.4 is 19.5 Å². The highest BCUT2D eigenvalue weighted by molar-refractivity contribution is 5.55. The van der Waals surface area contributed by atoms with Gasteiger partial charge in [0.1, 0.15) is 0 Å². The molecule has 1 aliphatic rings. The number of hydrogen-bond donors (Lipinski definition) is 1. The Hall–Kier alpha value is -1.46. The molecular weight excluding hydrogens is 258 g/mol. The third-order valence-corrected chi connectivity index (χ3v) is 3.50. The summed E-state index contributed by atoms with van der Waals surface area (Å²) >= 11 is 0. The first-order valence-corrected chi connectivity index (χ1v) is 6.90. The summed E-state index contributed by atoms with van der Waals surface area (Å²) in [5.41, 5.74) is 1.04. The average molecular weight is 281 g/mol. The summed E-state index contributed by atoms with van der Waals surface area (Å²) in [6, 6.07) is 3.88. The van der Waals surface area contributed by atoms with Gasteiger partial charge in [-0.05, 0) is 18.9 Å². The van der Waals surface area contributed by atoms with Gasteiger partial charge in [-0.15, -0.1) is 0 Å². The van der Waals surface area contributed by atoms with Crippen molar-refractivity contribution in [2.45, 2.75) is 25.5 Å². The van der Waals surface area contributed by atoms with Gasteiger partial charge in [0, 0.05) is 25.3 Å². The summed E-state index contributed by atoms with van der Waals surface area (Å²) in [4.78, 5) is 0. The van der Waals surface area contributed by atoms with Crippen LogP contribution in [-0.2, 0) is 11.3 Å². The van der Waals surface area contributed by atoms with Gasteiger partial charge in [0.15, 0.2) is 11.5 Å².